The normalized spacial score (nSPS) is 15.1. The van der Waals surface area contributed by atoms with Crippen molar-refractivity contribution in [1.82, 2.24) is 9.88 Å². The van der Waals surface area contributed by atoms with Crippen molar-refractivity contribution >= 4 is 38.4 Å². The Kier molecular flexibility index (Phi) is 6.03. The van der Waals surface area contributed by atoms with Gasteiger partial charge in [0, 0.05) is 37.3 Å². The zero-order chi connectivity index (χ0) is 22.9. The number of aromatic carboxylic acids is 1. The Morgan fingerprint density at radius 3 is 2.47 bits per heavy atom. The number of nitrogens with zero attached hydrogens (tertiary/aromatic N) is 3. The maximum atomic E-state index is 12.8. The fourth-order valence-electron chi connectivity index (χ4n) is 3.98. The fourth-order valence-corrected chi connectivity index (χ4v) is 5.27. The number of aromatic nitrogens is 1. The van der Waals surface area contributed by atoms with Crippen LogP contribution in [0, 0.1) is 6.92 Å². The molecule has 0 amide bonds. The van der Waals surface area contributed by atoms with Crippen LogP contribution in [0.2, 0.25) is 0 Å². The van der Waals surface area contributed by atoms with Crippen LogP contribution in [0.5, 0.6) is 0 Å². The summed E-state index contributed by atoms with van der Waals surface area (Å²) in [4.78, 5) is 21.3. The van der Waals surface area contributed by atoms with E-state index in [4.69, 9.17) is 0 Å². The van der Waals surface area contributed by atoms with Gasteiger partial charge in [-0.05, 0) is 49.4 Å². The van der Waals surface area contributed by atoms with Gasteiger partial charge in [0.15, 0.2) is 0 Å². The molecule has 0 saturated carbocycles. The number of pyridine rings is 1. The smallest absolute Gasteiger partial charge is 0.336 e. The number of aryl methyl sites for hydroxylation is 1. The number of carboxylic acid groups (broad SMARTS) is 1. The highest BCUT2D eigenvalue weighted by molar-refractivity contribution is 7.92. The molecule has 2 aromatic carbocycles. The molecule has 4 rings (SSSR count). The average Bonchev–Trinajstić information content (AvgIpc) is 2.78. The standard InChI is InChI=1S/C23H26N4O4S/c1-3-26-10-12-27(13-11-26)22-15-19(23(28)29)18-14-17(8-9-20(18)24-22)25-32(30,31)21-7-5-4-6-16(21)2/h4-9,14-15,25H,3,10-13H2,1-2H3,(H,28,29). The number of carbonyl (C=O) groups is 1. The average molecular weight is 455 g/mol. The van der Waals surface area contributed by atoms with E-state index in [9.17, 15) is 18.3 Å². The van der Waals surface area contributed by atoms with E-state index < -0.39 is 16.0 Å². The van der Waals surface area contributed by atoms with Gasteiger partial charge >= 0.3 is 5.97 Å². The van der Waals surface area contributed by atoms with Crippen LogP contribution in [0.3, 0.4) is 0 Å². The number of anilines is 2. The zero-order valence-electron chi connectivity index (χ0n) is 18.1. The lowest BCUT2D eigenvalue weighted by atomic mass is 10.1. The molecule has 32 heavy (non-hydrogen) atoms. The Bertz CT molecular complexity index is 1270. The van der Waals surface area contributed by atoms with Gasteiger partial charge in [0.25, 0.3) is 10.0 Å². The first-order chi connectivity index (χ1) is 15.3. The summed E-state index contributed by atoms with van der Waals surface area (Å²) >= 11 is 0. The van der Waals surface area contributed by atoms with E-state index in [2.05, 4.69) is 26.4 Å². The molecule has 1 saturated heterocycles. The number of sulfonamides is 1. The molecule has 2 N–H and O–H groups in total. The molecule has 9 heteroatoms. The molecule has 0 unspecified atom stereocenters. The van der Waals surface area contributed by atoms with Gasteiger partial charge in [-0.3, -0.25) is 4.72 Å². The second-order valence-corrected chi connectivity index (χ2v) is 9.51. The summed E-state index contributed by atoms with van der Waals surface area (Å²) in [5.74, 6) is -0.455. The highest BCUT2D eigenvalue weighted by Gasteiger charge is 2.21. The van der Waals surface area contributed by atoms with E-state index >= 15 is 0 Å². The summed E-state index contributed by atoms with van der Waals surface area (Å²) in [6, 6.07) is 13.1. The summed E-state index contributed by atoms with van der Waals surface area (Å²) < 4.78 is 28.2. The quantitative estimate of drug-likeness (QED) is 0.590. The molecular formula is C23H26N4O4S. The Labute approximate surface area is 187 Å². The molecule has 0 radical (unpaired) electrons. The van der Waals surface area contributed by atoms with Crippen molar-refractivity contribution in [1.29, 1.82) is 0 Å². The minimum Gasteiger partial charge on any atom is -0.478 e. The van der Waals surface area contributed by atoms with E-state index in [1.807, 2.05) is 0 Å². The first kappa shape index (κ1) is 22.0. The first-order valence-corrected chi connectivity index (χ1v) is 12.0. The maximum absolute atomic E-state index is 12.8. The van der Waals surface area contributed by atoms with Crippen LogP contribution in [-0.2, 0) is 10.0 Å². The highest BCUT2D eigenvalue weighted by atomic mass is 32.2. The number of likely N-dealkylation sites (N-methyl/N-ethyl adjacent to an activating group) is 1. The van der Waals surface area contributed by atoms with Gasteiger partial charge < -0.3 is 14.9 Å². The van der Waals surface area contributed by atoms with E-state index in [1.165, 1.54) is 12.1 Å². The van der Waals surface area contributed by atoms with Crippen molar-refractivity contribution < 1.29 is 18.3 Å². The first-order valence-electron chi connectivity index (χ1n) is 10.5. The van der Waals surface area contributed by atoms with Gasteiger partial charge in [0.05, 0.1) is 16.0 Å². The lowest BCUT2D eigenvalue weighted by Crippen LogP contribution is -2.46. The molecule has 1 aromatic heterocycles. The third-order valence-corrected chi connectivity index (χ3v) is 7.35. The van der Waals surface area contributed by atoms with Gasteiger partial charge in [-0.15, -0.1) is 0 Å². The molecule has 1 aliphatic heterocycles. The third-order valence-electron chi connectivity index (χ3n) is 5.80. The van der Waals surface area contributed by atoms with Crippen molar-refractivity contribution in [3.8, 4) is 0 Å². The van der Waals surface area contributed by atoms with Crippen LogP contribution in [-0.4, -0.2) is 62.1 Å². The Morgan fingerprint density at radius 1 is 1.09 bits per heavy atom. The van der Waals surface area contributed by atoms with Crippen molar-refractivity contribution in [3.63, 3.8) is 0 Å². The van der Waals surface area contributed by atoms with Gasteiger partial charge in [-0.1, -0.05) is 25.1 Å². The van der Waals surface area contributed by atoms with Crippen LogP contribution in [0.15, 0.2) is 53.4 Å². The van der Waals surface area contributed by atoms with E-state index in [0.29, 0.717) is 22.3 Å². The van der Waals surface area contributed by atoms with Crippen molar-refractivity contribution in [2.24, 2.45) is 0 Å². The lowest BCUT2D eigenvalue weighted by Gasteiger charge is -2.35. The van der Waals surface area contributed by atoms with Gasteiger partial charge in [-0.2, -0.15) is 0 Å². The number of fused-ring (bicyclic) bond motifs is 1. The predicted molar refractivity (Wildman–Crippen MR) is 125 cm³/mol. The second kappa shape index (κ2) is 8.76. The minimum atomic E-state index is -3.81. The van der Waals surface area contributed by atoms with Crippen LogP contribution < -0.4 is 9.62 Å². The molecule has 3 aromatic rings. The predicted octanol–water partition coefficient (Wildman–Crippen LogP) is 3.18. The number of benzene rings is 2. The minimum absolute atomic E-state index is 0.0971. The van der Waals surface area contributed by atoms with Crippen molar-refractivity contribution in [2.75, 3.05) is 42.3 Å². The van der Waals surface area contributed by atoms with Crippen LogP contribution in [0.25, 0.3) is 10.9 Å². The number of piperazine rings is 1. The van der Waals surface area contributed by atoms with E-state index in [-0.39, 0.29) is 16.1 Å². The van der Waals surface area contributed by atoms with Crippen molar-refractivity contribution in [3.05, 3.63) is 59.7 Å². The Balaban J connectivity index is 1.69. The SMILES string of the molecule is CCN1CCN(c2cc(C(=O)O)c3cc(NS(=O)(=O)c4ccccc4C)ccc3n2)CC1. The van der Waals surface area contributed by atoms with Gasteiger partial charge in [-0.25, -0.2) is 18.2 Å². The molecule has 0 spiro atoms. The third kappa shape index (κ3) is 4.39. The molecule has 1 fully saturated rings. The number of rotatable bonds is 6. The highest BCUT2D eigenvalue weighted by Crippen LogP contribution is 2.28. The molecule has 2 heterocycles. The fraction of sp³-hybridized carbons (Fsp3) is 0.304. The van der Waals surface area contributed by atoms with E-state index in [0.717, 1.165) is 32.7 Å². The summed E-state index contributed by atoms with van der Waals surface area (Å²) in [7, 11) is -3.81. The maximum Gasteiger partial charge on any atom is 0.336 e. The number of hydrogen-bond donors (Lipinski definition) is 2. The molecule has 8 nitrogen and oxygen atoms in total. The number of nitrogens with one attached hydrogen (secondary N) is 1. The van der Waals surface area contributed by atoms with Crippen LogP contribution in [0.4, 0.5) is 11.5 Å². The molecule has 1 aliphatic rings. The van der Waals surface area contributed by atoms with Crippen molar-refractivity contribution in [2.45, 2.75) is 18.7 Å². The molecular weight excluding hydrogens is 428 g/mol. The summed E-state index contributed by atoms with van der Waals surface area (Å²) in [6.45, 7) is 8.19. The Hall–Kier alpha value is -3.17. The zero-order valence-corrected chi connectivity index (χ0v) is 18.9. The lowest BCUT2D eigenvalue weighted by molar-refractivity contribution is 0.0699. The largest absolute Gasteiger partial charge is 0.478 e. The summed E-state index contributed by atoms with van der Waals surface area (Å²) in [5, 5.41) is 10.2. The van der Waals surface area contributed by atoms with Crippen LogP contribution in [0.1, 0.15) is 22.8 Å². The van der Waals surface area contributed by atoms with Crippen LogP contribution >= 0.6 is 0 Å². The second-order valence-electron chi connectivity index (χ2n) is 7.86. The molecule has 0 bridgehead atoms. The molecule has 168 valence electrons. The summed E-state index contributed by atoms with van der Waals surface area (Å²) in [6.07, 6.45) is 0. The molecule has 0 aliphatic carbocycles. The molecule has 0 atom stereocenters. The van der Waals surface area contributed by atoms with E-state index in [1.54, 1.807) is 43.3 Å². The monoisotopic (exact) mass is 454 g/mol. The summed E-state index contributed by atoms with van der Waals surface area (Å²) in [5.41, 5.74) is 1.52. The van der Waals surface area contributed by atoms with Gasteiger partial charge in [0.2, 0.25) is 0 Å². The number of carboxylic acids is 1. The van der Waals surface area contributed by atoms with Gasteiger partial charge in [0.1, 0.15) is 5.82 Å². The Morgan fingerprint density at radius 2 is 1.81 bits per heavy atom. The topological polar surface area (TPSA) is 103 Å². The number of hydrogen-bond acceptors (Lipinski definition) is 6.